The van der Waals surface area contributed by atoms with Crippen LogP contribution in [0.1, 0.15) is 46.5 Å². The largest absolute Gasteiger partial charge is 0.311 e. The minimum atomic E-state index is 0.679. The number of hydrogen-bond acceptors (Lipinski definition) is 3. The number of unbranched alkanes of at least 4 members (excludes halogenated alkanes) is 1. The van der Waals surface area contributed by atoms with Crippen molar-refractivity contribution in [2.45, 2.75) is 58.5 Å². The lowest BCUT2D eigenvalue weighted by molar-refractivity contribution is 0.186. The normalized spacial score (nSPS) is 22.0. The molecule has 1 heterocycles. The first-order valence-electron chi connectivity index (χ1n) is 7.79. The second kappa shape index (κ2) is 8.89. The van der Waals surface area contributed by atoms with Gasteiger partial charge < -0.3 is 15.1 Å². The molecule has 1 aliphatic heterocycles. The molecule has 0 aliphatic carbocycles. The molecular weight excluding hydrogens is 222 g/mol. The standard InChI is InChI=1S/C15H33N3/c1-5-8-15-13-18(12-9-16-15)11-7-6-10-17(4)14(2)3/h14-16H,5-13H2,1-4H3. The summed E-state index contributed by atoms with van der Waals surface area (Å²) in [6.07, 6.45) is 5.30. The van der Waals surface area contributed by atoms with E-state index in [2.05, 4.69) is 42.9 Å². The van der Waals surface area contributed by atoms with Gasteiger partial charge in [-0.05, 0) is 53.2 Å². The maximum absolute atomic E-state index is 3.62. The number of rotatable bonds is 8. The summed E-state index contributed by atoms with van der Waals surface area (Å²) >= 11 is 0. The molecule has 1 atom stereocenters. The van der Waals surface area contributed by atoms with E-state index in [0.717, 1.165) is 6.04 Å². The fraction of sp³-hybridized carbons (Fsp3) is 1.00. The number of nitrogens with one attached hydrogen (secondary N) is 1. The van der Waals surface area contributed by atoms with E-state index in [1.54, 1.807) is 0 Å². The van der Waals surface area contributed by atoms with Gasteiger partial charge in [0.05, 0.1) is 0 Å². The molecule has 108 valence electrons. The van der Waals surface area contributed by atoms with E-state index in [-0.39, 0.29) is 0 Å². The molecule has 0 radical (unpaired) electrons. The van der Waals surface area contributed by atoms with Crippen LogP contribution in [0.25, 0.3) is 0 Å². The van der Waals surface area contributed by atoms with E-state index < -0.39 is 0 Å². The Morgan fingerprint density at radius 2 is 2.11 bits per heavy atom. The van der Waals surface area contributed by atoms with E-state index in [4.69, 9.17) is 0 Å². The van der Waals surface area contributed by atoms with Crippen LogP contribution < -0.4 is 5.32 Å². The molecule has 1 rings (SSSR count). The summed E-state index contributed by atoms with van der Waals surface area (Å²) in [6.45, 7) is 13.0. The fourth-order valence-electron chi connectivity index (χ4n) is 2.59. The van der Waals surface area contributed by atoms with Gasteiger partial charge >= 0.3 is 0 Å². The van der Waals surface area contributed by atoms with Gasteiger partial charge in [-0.3, -0.25) is 0 Å². The maximum atomic E-state index is 3.62. The van der Waals surface area contributed by atoms with Gasteiger partial charge in [-0.1, -0.05) is 13.3 Å². The molecule has 0 bridgehead atoms. The Kier molecular flexibility index (Phi) is 7.87. The maximum Gasteiger partial charge on any atom is 0.0195 e. The second-order valence-electron chi connectivity index (χ2n) is 6.02. The van der Waals surface area contributed by atoms with Gasteiger partial charge in [0.1, 0.15) is 0 Å². The first-order chi connectivity index (χ1) is 8.63. The summed E-state index contributed by atoms with van der Waals surface area (Å²) in [7, 11) is 2.23. The molecule has 1 saturated heterocycles. The van der Waals surface area contributed by atoms with Crippen LogP contribution in [0.3, 0.4) is 0 Å². The predicted molar refractivity (Wildman–Crippen MR) is 80.1 cm³/mol. The van der Waals surface area contributed by atoms with Crippen molar-refractivity contribution in [1.29, 1.82) is 0 Å². The van der Waals surface area contributed by atoms with Gasteiger partial charge in [0.25, 0.3) is 0 Å². The zero-order valence-electron chi connectivity index (χ0n) is 12.9. The summed E-state index contributed by atoms with van der Waals surface area (Å²) in [6, 6.07) is 1.42. The molecule has 0 aromatic rings. The van der Waals surface area contributed by atoms with E-state index in [1.807, 2.05) is 0 Å². The van der Waals surface area contributed by atoms with Crippen molar-refractivity contribution < 1.29 is 0 Å². The van der Waals surface area contributed by atoms with Gasteiger partial charge in [-0.15, -0.1) is 0 Å². The molecule has 0 saturated carbocycles. The highest BCUT2D eigenvalue weighted by atomic mass is 15.2. The van der Waals surface area contributed by atoms with Crippen LogP contribution in [0.5, 0.6) is 0 Å². The van der Waals surface area contributed by atoms with Gasteiger partial charge in [0, 0.05) is 31.7 Å². The Labute approximate surface area is 114 Å². The summed E-state index contributed by atoms with van der Waals surface area (Å²) < 4.78 is 0. The third-order valence-electron chi connectivity index (χ3n) is 4.09. The minimum absolute atomic E-state index is 0.679. The molecule has 3 nitrogen and oxygen atoms in total. The average Bonchev–Trinajstić information content (AvgIpc) is 2.35. The van der Waals surface area contributed by atoms with E-state index in [1.165, 1.54) is 58.4 Å². The van der Waals surface area contributed by atoms with Crippen molar-refractivity contribution in [3.8, 4) is 0 Å². The lowest BCUT2D eigenvalue weighted by atomic mass is 10.1. The van der Waals surface area contributed by atoms with Gasteiger partial charge in [0.15, 0.2) is 0 Å². The SMILES string of the molecule is CCCC1CN(CCCCN(C)C(C)C)CCN1. The van der Waals surface area contributed by atoms with Crippen LogP contribution in [-0.2, 0) is 0 Å². The van der Waals surface area contributed by atoms with Gasteiger partial charge in [-0.25, -0.2) is 0 Å². The monoisotopic (exact) mass is 255 g/mol. The summed E-state index contributed by atoms with van der Waals surface area (Å²) in [4.78, 5) is 5.09. The highest BCUT2D eigenvalue weighted by molar-refractivity contribution is 4.78. The van der Waals surface area contributed by atoms with Crippen LogP contribution in [0, 0.1) is 0 Å². The second-order valence-corrected chi connectivity index (χ2v) is 6.02. The van der Waals surface area contributed by atoms with Crippen LogP contribution in [-0.4, -0.2) is 61.7 Å². The van der Waals surface area contributed by atoms with Crippen LogP contribution in [0.4, 0.5) is 0 Å². The summed E-state index contributed by atoms with van der Waals surface area (Å²) in [5, 5.41) is 3.62. The molecule has 0 spiro atoms. The van der Waals surface area contributed by atoms with Crippen LogP contribution >= 0.6 is 0 Å². The molecule has 3 heteroatoms. The number of nitrogens with zero attached hydrogens (tertiary/aromatic N) is 2. The lowest BCUT2D eigenvalue weighted by Crippen LogP contribution is -2.50. The predicted octanol–water partition coefficient (Wildman–Crippen LogP) is 2.18. The Balaban J connectivity index is 2.08. The third kappa shape index (κ3) is 6.17. The quantitative estimate of drug-likeness (QED) is 0.671. The molecule has 1 aliphatic rings. The van der Waals surface area contributed by atoms with Crippen molar-refractivity contribution in [3.05, 3.63) is 0 Å². The Bertz CT molecular complexity index is 204. The van der Waals surface area contributed by atoms with Gasteiger partial charge in [-0.2, -0.15) is 0 Å². The number of hydrogen-bond donors (Lipinski definition) is 1. The molecule has 1 unspecified atom stereocenters. The topological polar surface area (TPSA) is 18.5 Å². The number of piperazine rings is 1. The molecular formula is C15H33N3. The Morgan fingerprint density at radius 3 is 2.78 bits per heavy atom. The first-order valence-corrected chi connectivity index (χ1v) is 7.79. The highest BCUT2D eigenvalue weighted by Crippen LogP contribution is 2.07. The molecule has 0 aromatic carbocycles. The highest BCUT2D eigenvalue weighted by Gasteiger charge is 2.17. The van der Waals surface area contributed by atoms with E-state index in [0.29, 0.717) is 6.04 Å². The Hall–Kier alpha value is -0.120. The van der Waals surface area contributed by atoms with Crippen LogP contribution in [0.15, 0.2) is 0 Å². The zero-order chi connectivity index (χ0) is 13.4. The summed E-state index contributed by atoms with van der Waals surface area (Å²) in [5.41, 5.74) is 0. The van der Waals surface area contributed by atoms with Crippen LogP contribution in [0.2, 0.25) is 0 Å². The van der Waals surface area contributed by atoms with E-state index >= 15 is 0 Å². The fourth-order valence-corrected chi connectivity index (χ4v) is 2.59. The molecule has 1 N–H and O–H groups in total. The van der Waals surface area contributed by atoms with Crippen molar-refractivity contribution in [1.82, 2.24) is 15.1 Å². The third-order valence-corrected chi connectivity index (χ3v) is 4.09. The zero-order valence-corrected chi connectivity index (χ0v) is 12.9. The molecule has 1 fully saturated rings. The van der Waals surface area contributed by atoms with E-state index in [9.17, 15) is 0 Å². The molecule has 0 amide bonds. The Morgan fingerprint density at radius 1 is 1.33 bits per heavy atom. The average molecular weight is 255 g/mol. The van der Waals surface area contributed by atoms with Crippen molar-refractivity contribution in [3.63, 3.8) is 0 Å². The van der Waals surface area contributed by atoms with Crippen molar-refractivity contribution in [2.75, 3.05) is 39.8 Å². The molecule has 0 aromatic heterocycles. The first kappa shape index (κ1) is 15.9. The molecule has 18 heavy (non-hydrogen) atoms. The minimum Gasteiger partial charge on any atom is -0.311 e. The summed E-state index contributed by atoms with van der Waals surface area (Å²) in [5.74, 6) is 0. The lowest BCUT2D eigenvalue weighted by Gasteiger charge is -2.33. The van der Waals surface area contributed by atoms with Gasteiger partial charge in [0.2, 0.25) is 0 Å². The smallest absolute Gasteiger partial charge is 0.0195 e. The van der Waals surface area contributed by atoms with Crippen molar-refractivity contribution >= 4 is 0 Å². The van der Waals surface area contributed by atoms with Crippen molar-refractivity contribution in [2.24, 2.45) is 0 Å².